The Balaban J connectivity index is 1.88. The molecular formula is C34H39F2N5O5. The van der Waals surface area contributed by atoms with Gasteiger partial charge in [-0.3, -0.25) is 19.4 Å². The zero-order chi connectivity index (χ0) is 33.5. The predicted octanol–water partition coefficient (Wildman–Crippen LogP) is 3.59. The van der Waals surface area contributed by atoms with Gasteiger partial charge in [-0.1, -0.05) is 50.8 Å². The number of nitrogens with one attached hydrogen (secondary N) is 3. The number of unbranched alkanes of at least 4 members (excludes halogenated alkanes) is 3. The van der Waals surface area contributed by atoms with Gasteiger partial charge in [0.1, 0.15) is 29.9 Å². The third-order valence-corrected chi connectivity index (χ3v) is 7.44. The van der Waals surface area contributed by atoms with Crippen molar-refractivity contribution in [3.63, 3.8) is 0 Å². The van der Waals surface area contributed by atoms with Crippen molar-refractivity contribution in [2.24, 2.45) is 0 Å². The molecule has 5 N–H and O–H groups in total. The number of nitriles is 1. The summed E-state index contributed by atoms with van der Waals surface area (Å²) in [6.45, 7) is 2.03. The molecule has 1 aromatic heterocycles. The first-order chi connectivity index (χ1) is 22.1. The molecule has 244 valence electrons. The highest BCUT2D eigenvalue weighted by atomic mass is 19.1. The Kier molecular flexibility index (Phi) is 14.2. The van der Waals surface area contributed by atoms with Crippen LogP contribution in [0.25, 0.3) is 0 Å². The van der Waals surface area contributed by atoms with Gasteiger partial charge in [0, 0.05) is 24.0 Å². The van der Waals surface area contributed by atoms with Crippen LogP contribution in [0.2, 0.25) is 0 Å². The van der Waals surface area contributed by atoms with Gasteiger partial charge in [0.05, 0.1) is 30.1 Å². The molecule has 0 spiro atoms. The first kappa shape index (κ1) is 35.7. The second-order valence-corrected chi connectivity index (χ2v) is 11.0. The molecule has 2 aromatic carbocycles. The van der Waals surface area contributed by atoms with E-state index in [-0.39, 0.29) is 29.5 Å². The Morgan fingerprint density at radius 3 is 2.13 bits per heavy atom. The molecule has 0 fully saturated rings. The summed E-state index contributed by atoms with van der Waals surface area (Å²) in [5, 5.41) is 39.9. The standard InChI is InChI=1S/C34H39F2N5O5/c1-2-3-4-8-13-28(40-33(45)24-12-9-16-38-21-24)34(46)41-29(19-22-17-25(35)20-26(36)18-22)31(43)30(42)27(14-15-37)39-32(44)23-10-6-5-7-11-23/h5-7,9-12,16-18,20-21,27-31,42-43H,2-4,8,13-14,19H2,1H3,(H,39,44)(H,40,45)(H,41,46)/t27-,28-,29+,30-,31-/m1/s1. The molecule has 0 aliphatic rings. The zero-order valence-electron chi connectivity index (χ0n) is 25.5. The third kappa shape index (κ3) is 11.0. The lowest BCUT2D eigenvalue weighted by atomic mass is 9.92. The molecule has 5 atom stereocenters. The summed E-state index contributed by atoms with van der Waals surface area (Å²) in [4.78, 5) is 43.4. The monoisotopic (exact) mass is 635 g/mol. The van der Waals surface area contributed by atoms with Gasteiger partial charge >= 0.3 is 0 Å². The lowest BCUT2D eigenvalue weighted by molar-refractivity contribution is -0.125. The molecule has 3 amide bonds. The van der Waals surface area contributed by atoms with Crippen molar-refractivity contribution in [1.82, 2.24) is 20.9 Å². The number of amides is 3. The van der Waals surface area contributed by atoms with E-state index in [0.29, 0.717) is 12.5 Å². The maximum absolute atomic E-state index is 14.1. The van der Waals surface area contributed by atoms with Gasteiger partial charge in [-0.2, -0.15) is 5.26 Å². The van der Waals surface area contributed by atoms with E-state index in [0.717, 1.165) is 31.4 Å². The fourth-order valence-electron chi connectivity index (χ4n) is 4.98. The van der Waals surface area contributed by atoms with E-state index in [4.69, 9.17) is 0 Å². The van der Waals surface area contributed by atoms with Gasteiger partial charge in [-0.05, 0) is 54.8 Å². The van der Waals surface area contributed by atoms with Gasteiger partial charge < -0.3 is 26.2 Å². The van der Waals surface area contributed by atoms with E-state index in [2.05, 4.69) is 20.9 Å². The van der Waals surface area contributed by atoms with Crippen molar-refractivity contribution < 1.29 is 33.4 Å². The topological polar surface area (TPSA) is 164 Å². The Morgan fingerprint density at radius 2 is 1.50 bits per heavy atom. The van der Waals surface area contributed by atoms with Crippen LogP contribution in [-0.4, -0.2) is 63.3 Å². The molecule has 0 saturated carbocycles. The SMILES string of the molecule is CCCCCC[C@@H](NC(=O)c1cccnc1)C(=O)N[C@@H](Cc1cc(F)cc(F)c1)[C@@H](O)[C@H](O)[C@@H](CC#N)NC(=O)c1ccccc1. The number of aromatic nitrogens is 1. The highest BCUT2D eigenvalue weighted by molar-refractivity contribution is 5.97. The molecule has 0 bridgehead atoms. The van der Waals surface area contributed by atoms with Crippen molar-refractivity contribution >= 4 is 17.7 Å². The van der Waals surface area contributed by atoms with Crippen LogP contribution in [0.5, 0.6) is 0 Å². The fourth-order valence-corrected chi connectivity index (χ4v) is 4.98. The van der Waals surface area contributed by atoms with Gasteiger partial charge in [0.15, 0.2) is 0 Å². The molecule has 46 heavy (non-hydrogen) atoms. The quantitative estimate of drug-likeness (QED) is 0.142. The van der Waals surface area contributed by atoms with Crippen molar-refractivity contribution in [2.75, 3.05) is 0 Å². The van der Waals surface area contributed by atoms with Crippen LogP contribution < -0.4 is 16.0 Å². The first-order valence-corrected chi connectivity index (χ1v) is 15.2. The Bertz CT molecular complexity index is 1450. The minimum Gasteiger partial charge on any atom is -0.388 e. The summed E-state index contributed by atoms with van der Waals surface area (Å²) < 4.78 is 28.2. The number of rotatable bonds is 17. The minimum atomic E-state index is -1.82. The molecule has 10 nitrogen and oxygen atoms in total. The van der Waals surface area contributed by atoms with Crippen molar-refractivity contribution in [3.05, 3.63) is 101 Å². The third-order valence-electron chi connectivity index (χ3n) is 7.44. The van der Waals surface area contributed by atoms with Crippen molar-refractivity contribution in [2.45, 2.75) is 82.2 Å². The largest absolute Gasteiger partial charge is 0.388 e. The second kappa shape index (κ2) is 18.3. The van der Waals surface area contributed by atoms with Crippen LogP contribution in [0.3, 0.4) is 0 Å². The lowest BCUT2D eigenvalue weighted by Crippen LogP contribution is -2.59. The number of halogens is 2. The van der Waals surface area contributed by atoms with E-state index in [1.165, 1.54) is 30.6 Å². The number of carbonyl (C=O) groups is 3. The van der Waals surface area contributed by atoms with E-state index in [9.17, 15) is 38.6 Å². The Labute approximate surface area is 266 Å². The van der Waals surface area contributed by atoms with Gasteiger partial charge in [-0.25, -0.2) is 8.78 Å². The predicted molar refractivity (Wildman–Crippen MR) is 166 cm³/mol. The van der Waals surface area contributed by atoms with Gasteiger partial charge in [0.2, 0.25) is 5.91 Å². The normalized spacial score (nSPS) is 14.2. The maximum Gasteiger partial charge on any atom is 0.253 e. The molecule has 3 rings (SSSR count). The summed E-state index contributed by atoms with van der Waals surface area (Å²) in [6.07, 6.45) is 2.02. The van der Waals surface area contributed by atoms with E-state index in [1.54, 1.807) is 24.3 Å². The van der Waals surface area contributed by atoms with Crippen molar-refractivity contribution in [1.29, 1.82) is 5.26 Å². The molecule has 0 aliphatic heterocycles. The number of hydrogen-bond donors (Lipinski definition) is 5. The summed E-state index contributed by atoms with van der Waals surface area (Å²) in [7, 11) is 0. The van der Waals surface area contributed by atoms with Crippen LogP contribution in [-0.2, 0) is 11.2 Å². The average molecular weight is 636 g/mol. The van der Waals surface area contributed by atoms with E-state index >= 15 is 0 Å². The molecule has 1 heterocycles. The van der Waals surface area contributed by atoms with Crippen LogP contribution in [0.15, 0.2) is 73.1 Å². The van der Waals surface area contributed by atoms with Crippen LogP contribution in [0.1, 0.15) is 71.7 Å². The Morgan fingerprint density at radius 1 is 0.848 bits per heavy atom. The Hall–Kier alpha value is -4.73. The average Bonchev–Trinajstić information content (AvgIpc) is 3.05. The smallest absolute Gasteiger partial charge is 0.253 e. The van der Waals surface area contributed by atoms with E-state index < -0.39 is 66.1 Å². The van der Waals surface area contributed by atoms with Gasteiger partial charge in [-0.15, -0.1) is 0 Å². The van der Waals surface area contributed by atoms with Crippen molar-refractivity contribution in [3.8, 4) is 6.07 Å². The lowest BCUT2D eigenvalue weighted by Gasteiger charge is -2.33. The number of pyridine rings is 1. The maximum atomic E-state index is 14.1. The van der Waals surface area contributed by atoms with Crippen LogP contribution in [0, 0.1) is 23.0 Å². The molecule has 0 radical (unpaired) electrons. The highest BCUT2D eigenvalue weighted by Gasteiger charge is 2.36. The summed E-state index contributed by atoms with van der Waals surface area (Å²) in [5.74, 6) is -3.63. The fraction of sp³-hybridized carbons (Fsp3) is 0.382. The highest BCUT2D eigenvalue weighted by Crippen LogP contribution is 2.17. The number of aliphatic hydroxyl groups is 2. The number of benzene rings is 2. The molecule has 3 aromatic rings. The summed E-state index contributed by atoms with van der Waals surface area (Å²) >= 11 is 0. The molecule has 0 saturated heterocycles. The molecular weight excluding hydrogens is 596 g/mol. The zero-order valence-corrected chi connectivity index (χ0v) is 25.5. The number of hydrogen-bond acceptors (Lipinski definition) is 7. The molecule has 12 heteroatoms. The number of carbonyl (C=O) groups excluding carboxylic acids is 3. The summed E-state index contributed by atoms with van der Waals surface area (Å²) in [5.41, 5.74) is 0.546. The first-order valence-electron chi connectivity index (χ1n) is 15.2. The minimum absolute atomic E-state index is 0.0677. The summed E-state index contributed by atoms with van der Waals surface area (Å²) in [6, 6.07) is 12.1. The number of nitrogens with zero attached hydrogens (tertiary/aromatic N) is 2. The molecule has 0 unspecified atom stereocenters. The van der Waals surface area contributed by atoms with Gasteiger partial charge in [0.25, 0.3) is 11.8 Å². The number of aliphatic hydroxyl groups excluding tert-OH is 2. The van der Waals surface area contributed by atoms with Crippen LogP contribution in [0.4, 0.5) is 8.78 Å². The molecule has 0 aliphatic carbocycles. The van der Waals surface area contributed by atoms with E-state index in [1.807, 2.05) is 13.0 Å². The van der Waals surface area contributed by atoms with Crippen LogP contribution >= 0.6 is 0 Å². The second-order valence-electron chi connectivity index (χ2n) is 11.0.